The Morgan fingerprint density at radius 2 is 2.06 bits per heavy atom. The molecule has 0 amide bonds. The van der Waals surface area contributed by atoms with Gasteiger partial charge in [-0.1, -0.05) is 18.2 Å². The van der Waals surface area contributed by atoms with Crippen molar-refractivity contribution in [3.63, 3.8) is 0 Å². The highest BCUT2D eigenvalue weighted by atomic mass is 16.4. The van der Waals surface area contributed by atoms with Gasteiger partial charge in [-0.3, -0.25) is 9.55 Å². The van der Waals surface area contributed by atoms with E-state index >= 15 is 0 Å². The Labute approximate surface area is 102 Å². The third-order valence-electron chi connectivity index (χ3n) is 2.79. The first-order valence-corrected chi connectivity index (χ1v) is 5.28. The molecule has 18 heavy (non-hydrogen) atoms. The Morgan fingerprint density at radius 3 is 2.67 bits per heavy atom. The second-order valence-electron chi connectivity index (χ2n) is 3.92. The Hall–Kier alpha value is -2.50. The monoisotopic (exact) mass is 248 g/mol. The van der Waals surface area contributed by atoms with E-state index in [1.807, 2.05) is 0 Å². The molecule has 6 heteroatoms. The molecule has 0 spiro atoms. The minimum absolute atomic E-state index is 0.0717. The van der Waals surface area contributed by atoms with Gasteiger partial charge in [0.25, 0.3) is 0 Å². The number of carboxylic acid groups (broad SMARTS) is 1. The van der Waals surface area contributed by atoms with Crippen LogP contribution >= 0.6 is 0 Å². The van der Waals surface area contributed by atoms with Gasteiger partial charge in [-0.05, 0) is 11.6 Å². The van der Waals surface area contributed by atoms with Crippen molar-refractivity contribution in [2.45, 2.75) is 6.42 Å². The molecule has 0 fully saturated rings. The number of aromatic amines is 1. The largest absolute Gasteiger partial charge is 0.508 e. The highest BCUT2D eigenvalue weighted by Gasteiger charge is 2.18. The van der Waals surface area contributed by atoms with Crippen LogP contribution in [0.2, 0.25) is 0 Å². The van der Waals surface area contributed by atoms with Crippen LogP contribution in [0, 0.1) is 0 Å². The number of para-hydroxylation sites is 1. The van der Waals surface area contributed by atoms with Gasteiger partial charge in [-0.2, -0.15) is 0 Å². The van der Waals surface area contributed by atoms with Crippen molar-refractivity contribution >= 4 is 5.97 Å². The number of H-pyrrole nitrogens is 1. The minimum Gasteiger partial charge on any atom is -0.508 e. The van der Waals surface area contributed by atoms with Crippen LogP contribution in [0.4, 0.5) is 0 Å². The number of nitrogens with one attached hydrogen (secondary N) is 1. The van der Waals surface area contributed by atoms with Crippen molar-refractivity contribution in [3.05, 3.63) is 51.7 Å². The van der Waals surface area contributed by atoms with E-state index in [4.69, 9.17) is 5.11 Å². The van der Waals surface area contributed by atoms with Crippen molar-refractivity contribution in [3.8, 4) is 5.75 Å². The molecule has 0 saturated heterocycles. The highest BCUT2D eigenvalue weighted by molar-refractivity contribution is 5.86. The quantitative estimate of drug-likeness (QED) is 0.745. The standard InChI is InChI=1S/C12H12N2O4/c1-14-8(10(11(16)17)13-12(14)18)6-7-4-2-3-5-9(7)15/h2-5,15H,6H2,1H3,(H,13,18)(H,16,17). The molecule has 0 bridgehead atoms. The maximum Gasteiger partial charge on any atom is 0.354 e. The SMILES string of the molecule is Cn1c(Cc2ccccc2O)c(C(=O)O)[nH]c1=O. The first kappa shape index (κ1) is 12.0. The Bertz CT molecular complexity index is 654. The third-order valence-corrected chi connectivity index (χ3v) is 2.79. The molecule has 0 unspecified atom stereocenters. The van der Waals surface area contributed by atoms with Gasteiger partial charge in [0.15, 0.2) is 0 Å². The topological polar surface area (TPSA) is 95.3 Å². The van der Waals surface area contributed by atoms with Gasteiger partial charge in [0.2, 0.25) is 0 Å². The number of phenols is 1. The molecule has 1 heterocycles. The fraction of sp³-hybridized carbons (Fsp3) is 0.167. The number of carboxylic acids is 1. The third kappa shape index (κ3) is 2.00. The number of carbonyl (C=O) groups is 1. The van der Waals surface area contributed by atoms with Crippen LogP contribution in [0.5, 0.6) is 5.75 Å². The predicted molar refractivity (Wildman–Crippen MR) is 63.9 cm³/mol. The lowest BCUT2D eigenvalue weighted by atomic mass is 10.1. The van der Waals surface area contributed by atoms with E-state index in [9.17, 15) is 14.7 Å². The summed E-state index contributed by atoms with van der Waals surface area (Å²) in [7, 11) is 1.49. The Balaban J connectivity index is 2.50. The van der Waals surface area contributed by atoms with Crippen LogP contribution < -0.4 is 5.69 Å². The molecule has 0 aliphatic rings. The molecule has 1 aromatic heterocycles. The lowest BCUT2D eigenvalue weighted by Crippen LogP contribution is -2.14. The number of hydrogen-bond donors (Lipinski definition) is 3. The number of aromatic hydroxyl groups is 1. The fourth-order valence-electron chi connectivity index (χ4n) is 1.78. The number of aromatic carboxylic acids is 1. The van der Waals surface area contributed by atoms with E-state index < -0.39 is 11.7 Å². The van der Waals surface area contributed by atoms with Gasteiger partial charge < -0.3 is 10.2 Å². The average molecular weight is 248 g/mol. The van der Waals surface area contributed by atoms with E-state index in [0.29, 0.717) is 11.3 Å². The molecule has 0 saturated carbocycles. The molecule has 6 nitrogen and oxygen atoms in total. The Morgan fingerprint density at radius 1 is 1.39 bits per heavy atom. The first-order valence-electron chi connectivity index (χ1n) is 5.28. The van der Waals surface area contributed by atoms with Gasteiger partial charge in [0.1, 0.15) is 11.4 Å². The van der Waals surface area contributed by atoms with E-state index in [-0.39, 0.29) is 17.9 Å². The molecule has 2 aromatic rings. The van der Waals surface area contributed by atoms with Crippen molar-refractivity contribution in [1.82, 2.24) is 9.55 Å². The van der Waals surface area contributed by atoms with E-state index in [1.54, 1.807) is 18.2 Å². The summed E-state index contributed by atoms with van der Waals surface area (Å²) in [6, 6.07) is 6.60. The van der Waals surface area contributed by atoms with Crippen LogP contribution in [0.25, 0.3) is 0 Å². The molecule has 3 N–H and O–H groups in total. The zero-order chi connectivity index (χ0) is 13.3. The second-order valence-corrected chi connectivity index (χ2v) is 3.92. The zero-order valence-corrected chi connectivity index (χ0v) is 9.67. The van der Waals surface area contributed by atoms with E-state index in [2.05, 4.69) is 4.98 Å². The Kier molecular flexibility index (Phi) is 2.93. The number of aromatic nitrogens is 2. The summed E-state index contributed by atoms with van der Waals surface area (Å²) in [4.78, 5) is 24.7. The zero-order valence-electron chi connectivity index (χ0n) is 9.67. The second kappa shape index (κ2) is 4.40. The van der Waals surface area contributed by atoms with Crippen LogP contribution in [0.3, 0.4) is 0 Å². The molecule has 2 rings (SSSR count). The van der Waals surface area contributed by atoms with E-state index in [1.165, 1.54) is 17.7 Å². The summed E-state index contributed by atoms with van der Waals surface area (Å²) in [6.45, 7) is 0. The average Bonchev–Trinajstić information content (AvgIpc) is 2.60. The maximum absolute atomic E-state index is 11.4. The minimum atomic E-state index is -1.20. The first-order chi connectivity index (χ1) is 8.50. The van der Waals surface area contributed by atoms with E-state index in [0.717, 1.165) is 0 Å². The number of hydrogen-bond acceptors (Lipinski definition) is 3. The molecule has 0 aliphatic carbocycles. The summed E-state index contributed by atoms with van der Waals surface area (Å²) in [5, 5.41) is 18.7. The molecular formula is C12H12N2O4. The van der Waals surface area contributed by atoms with Gasteiger partial charge in [-0.25, -0.2) is 9.59 Å². The normalized spacial score (nSPS) is 10.5. The van der Waals surface area contributed by atoms with Gasteiger partial charge >= 0.3 is 11.7 Å². The molecule has 0 aliphatic heterocycles. The summed E-state index contributed by atoms with van der Waals surface area (Å²) in [5.41, 5.74) is 0.257. The highest BCUT2D eigenvalue weighted by Crippen LogP contribution is 2.20. The van der Waals surface area contributed by atoms with Gasteiger partial charge in [-0.15, -0.1) is 0 Å². The number of benzene rings is 1. The van der Waals surface area contributed by atoms with Crippen LogP contribution in [-0.2, 0) is 13.5 Å². The summed E-state index contributed by atoms with van der Waals surface area (Å²) >= 11 is 0. The predicted octanol–water partition coefficient (Wildman–Crippen LogP) is 0.708. The number of imidazole rings is 1. The fourth-order valence-corrected chi connectivity index (χ4v) is 1.78. The summed E-state index contributed by atoms with van der Waals surface area (Å²) < 4.78 is 1.23. The molecule has 0 atom stereocenters. The molecule has 1 aromatic carbocycles. The van der Waals surface area contributed by atoms with Crippen molar-refractivity contribution in [2.24, 2.45) is 7.05 Å². The van der Waals surface area contributed by atoms with Crippen molar-refractivity contribution in [1.29, 1.82) is 0 Å². The summed E-state index contributed by atoms with van der Waals surface area (Å²) in [5.74, 6) is -1.12. The number of nitrogens with zero attached hydrogens (tertiary/aromatic N) is 1. The van der Waals surface area contributed by atoms with Crippen LogP contribution in [-0.4, -0.2) is 25.7 Å². The van der Waals surface area contributed by atoms with Crippen LogP contribution in [0.15, 0.2) is 29.1 Å². The lowest BCUT2D eigenvalue weighted by molar-refractivity contribution is 0.0689. The number of phenolic OH excluding ortho intramolecular Hbond substituents is 1. The van der Waals surface area contributed by atoms with Gasteiger partial charge in [0.05, 0.1) is 5.69 Å². The molecule has 94 valence electrons. The van der Waals surface area contributed by atoms with Crippen molar-refractivity contribution in [2.75, 3.05) is 0 Å². The van der Waals surface area contributed by atoms with Gasteiger partial charge in [0, 0.05) is 13.5 Å². The maximum atomic E-state index is 11.4. The number of rotatable bonds is 3. The smallest absolute Gasteiger partial charge is 0.354 e. The molecule has 0 radical (unpaired) electrons. The lowest BCUT2D eigenvalue weighted by Gasteiger charge is -2.05. The molecular weight excluding hydrogens is 236 g/mol. The van der Waals surface area contributed by atoms with Crippen molar-refractivity contribution < 1.29 is 15.0 Å². The summed E-state index contributed by atoms with van der Waals surface area (Å²) in [6.07, 6.45) is 0.170. The van der Waals surface area contributed by atoms with Crippen LogP contribution in [0.1, 0.15) is 21.7 Å².